The van der Waals surface area contributed by atoms with Gasteiger partial charge in [-0.15, -0.1) is 0 Å². The van der Waals surface area contributed by atoms with Crippen molar-refractivity contribution in [2.24, 2.45) is 0 Å². The molecule has 100 valence electrons. The first kappa shape index (κ1) is 13.7. The lowest BCUT2D eigenvalue weighted by Crippen LogP contribution is -1.99. The molecule has 0 amide bonds. The van der Waals surface area contributed by atoms with E-state index in [2.05, 4.69) is 64.1 Å². The second-order valence-electron chi connectivity index (χ2n) is 5.30. The number of ether oxygens (including phenoxy) is 1. The van der Waals surface area contributed by atoms with E-state index in [1.54, 1.807) is 7.11 Å². The number of aryl methyl sites for hydroxylation is 2. The molecule has 0 aliphatic heterocycles. The minimum Gasteiger partial charge on any atom is -0.496 e. The third-order valence-corrected chi connectivity index (χ3v) is 3.94. The maximum absolute atomic E-state index is 5.47. The summed E-state index contributed by atoms with van der Waals surface area (Å²) in [5.74, 6) is 1.36. The zero-order valence-electron chi connectivity index (χ0n) is 12.4. The van der Waals surface area contributed by atoms with Gasteiger partial charge in [0.15, 0.2) is 0 Å². The lowest BCUT2D eigenvalue weighted by atomic mass is 9.90. The molecule has 2 aromatic rings. The highest BCUT2D eigenvalue weighted by Gasteiger charge is 2.12. The zero-order valence-corrected chi connectivity index (χ0v) is 12.4. The van der Waals surface area contributed by atoms with Crippen LogP contribution in [0.3, 0.4) is 0 Å². The summed E-state index contributed by atoms with van der Waals surface area (Å²) >= 11 is 0. The van der Waals surface area contributed by atoms with Gasteiger partial charge < -0.3 is 4.74 Å². The Balaban J connectivity index is 2.41. The highest BCUT2D eigenvalue weighted by Crippen LogP contribution is 2.31. The van der Waals surface area contributed by atoms with Crippen LogP contribution >= 0.6 is 0 Å². The van der Waals surface area contributed by atoms with E-state index in [0.717, 1.165) is 5.75 Å². The summed E-state index contributed by atoms with van der Waals surface area (Å²) in [5, 5.41) is 0. The van der Waals surface area contributed by atoms with Crippen molar-refractivity contribution in [1.82, 2.24) is 0 Å². The van der Waals surface area contributed by atoms with Crippen LogP contribution in [-0.4, -0.2) is 7.11 Å². The maximum Gasteiger partial charge on any atom is 0.122 e. The average Bonchev–Trinajstić information content (AvgIpc) is 2.41. The van der Waals surface area contributed by atoms with E-state index in [4.69, 9.17) is 4.74 Å². The van der Waals surface area contributed by atoms with Crippen LogP contribution in [0, 0.1) is 20.8 Å². The van der Waals surface area contributed by atoms with Gasteiger partial charge >= 0.3 is 0 Å². The van der Waals surface area contributed by atoms with Crippen molar-refractivity contribution >= 4 is 0 Å². The molecule has 1 heteroatoms. The molecule has 2 rings (SSSR count). The zero-order chi connectivity index (χ0) is 14.0. The molecule has 0 aromatic heterocycles. The standard InChI is InChI=1S/C18H22O/c1-12-6-8-16(9-7-12)15(4)17-10-13(2)14(3)18(11-17)19-5/h6-11,15H,1-5H3. The van der Waals surface area contributed by atoms with Gasteiger partial charge in [-0.25, -0.2) is 0 Å². The van der Waals surface area contributed by atoms with Crippen molar-refractivity contribution in [2.75, 3.05) is 7.11 Å². The number of hydrogen-bond acceptors (Lipinski definition) is 1. The van der Waals surface area contributed by atoms with Crippen LogP contribution in [0.2, 0.25) is 0 Å². The topological polar surface area (TPSA) is 9.23 Å². The van der Waals surface area contributed by atoms with Crippen molar-refractivity contribution in [3.63, 3.8) is 0 Å². The summed E-state index contributed by atoms with van der Waals surface area (Å²) < 4.78 is 5.47. The van der Waals surface area contributed by atoms with Gasteiger partial charge in [-0.2, -0.15) is 0 Å². The number of rotatable bonds is 3. The molecule has 0 aliphatic rings. The van der Waals surface area contributed by atoms with Crippen LogP contribution < -0.4 is 4.74 Å². The third-order valence-electron chi connectivity index (χ3n) is 3.94. The number of methoxy groups -OCH3 is 1. The summed E-state index contributed by atoms with van der Waals surface area (Å²) in [6, 6.07) is 13.2. The fourth-order valence-corrected chi connectivity index (χ4v) is 2.36. The smallest absolute Gasteiger partial charge is 0.122 e. The molecule has 1 nitrogen and oxygen atoms in total. The summed E-state index contributed by atoms with van der Waals surface area (Å²) in [6.07, 6.45) is 0. The van der Waals surface area contributed by atoms with Crippen LogP contribution in [0.1, 0.15) is 40.7 Å². The summed E-state index contributed by atoms with van der Waals surface area (Å²) in [7, 11) is 1.74. The second kappa shape index (κ2) is 5.48. The second-order valence-corrected chi connectivity index (χ2v) is 5.30. The van der Waals surface area contributed by atoms with Crippen molar-refractivity contribution in [3.8, 4) is 5.75 Å². The van der Waals surface area contributed by atoms with Gasteiger partial charge in [0.05, 0.1) is 7.11 Å². The molecule has 0 radical (unpaired) electrons. The Morgan fingerprint density at radius 3 is 2.11 bits per heavy atom. The molecule has 0 fully saturated rings. The van der Waals surface area contributed by atoms with E-state index >= 15 is 0 Å². The molecule has 2 aromatic carbocycles. The Hall–Kier alpha value is -1.76. The Kier molecular flexibility index (Phi) is 3.94. The molecular weight excluding hydrogens is 232 g/mol. The third kappa shape index (κ3) is 2.81. The van der Waals surface area contributed by atoms with Gasteiger partial charge in [0, 0.05) is 5.92 Å². The Morgan fingerprint density at radius 1 is 0.895 bits per heavy atom. The Morgan fingerprint density at radius 2 is 1.53 bits per heavy atom. The van der Waals surface area contributed by atoms with E-state index in [-0.39, 0.29) is 0 Å². The predicted molar refractivity (Wildman–Crippen MR) is 81.2 cm³/mol. The van der Waals surface area contributed by atoms with E-state index in [1.807, 2.05) is 0 Å². The molecule has 19 heavy (non-hydrogen) atoms. The maximum atomic E-state index is 5.47. The van der Waals surface area contributed by atoms with Gasteiger partial charge in [0.25, 0.3) is 0 Å². The normalized spacial score (nSPS) is 12.3. The van der Waals surface area contributed by atoms with Crippen LogP contribution in [0.25, 0.3) is 0 Å². The van der Waals surface area contributed by atoms with Gasteiger partial charge in [0.1, 0.15) is 5.75 Å². The lowest BCUT2D eigenvalue weighted by Gasteiger charge is -2.17. The highest BCUT2D eigenvalue weighted by atomic mass is 16.5. The molecule has 0 N–H and O–H groups in total. The quantitative estimate of drug-likeness (QED) is 0.766. The van der Waals surface area contributed by atoms with Crippen molar-refractivity contribution in [1.29, 1.82) is 0 Å². The molecule has 0 saturated heterocycles. The SMILES string of the molecule is COc1cc(C(C)c2ccc(C)cc2)cc(C)c1C. The lowest BCUT2D eigenvalue weighted by molar-refractivity contribution is 0.410. The van der Waals surface area contributed by atoms with Crippen molar-refractivity contribution in [3.05, 3.63) is 64.2 Å². The van der Waals surface area contributed by atoms with Crippen LogP contribution in [0.5, 0.6) is 5.75 Å². The van der Waals surface area contributed by atoms with Gasteiger partial charge in [-0.05, 0) is 49.1 Å². The van der Waals surface area contributed by atoms with Crippen molar-refractivity contribution in [2.45, 2.75) is 33.6 Å². The molecular formula is C18H22O. The molecule has 1 atom stereocenters. The highest BCUT2D eigenvalue weighted by molar-refractivity contribution is 5.45. The van der Waals surface area contributed by atoms with Gasteiger partial charge in [-0.3, -0.25) is 0 Å². The summed E-state index contributed by atoms with van der Waals surface area (Å²) in [4.78, 5) is 0. The van der Waals surface area contributed by atoms with E-state index in [1.165, 1.54) is 27.8 Å². The molecule has 1 unspecified atom stereocenters. The van der Waals surface area contributed by atoms with Crippen molar-refractivity contribution < 1.29 is 4.74 Å². The molecule has 0 aliphatic carbocycles. The summed E-state index contributed by atoms with van der Waals surface area (Å²) in [5.41, 5.74) is 6.46. The predicted octanol–water partition coefficient (Wildman–Crippen LogP) is 4.77. The first-order chi connectivity index (χ1) is 9.02. The minimum atomic E-state index is 0.383. The average molecular weight is 254 g/mol. The monoisotopic (exact) mass is 254 g/mol. The molecule has 0 spiro atoms. The van der Waals surface area contributed by atoms with E-state index < -0.39 is 0 Å². The Labute approximate surface area is 116 Å². The largest absolute Gasteiger partial charge is 0.496 e. The molecule has 0 bridgehead atoms. The number of hydrogen-bond donors (Lipinski definition) is 0. The Bertz CT molecular complexity index is 567. The summed E-state index contributed by atoms with van der Waals surface area (Å²) in [6.45, 7) is 8.61. The van der Waals surface area contributed by atoms with Crippen LogP contribution in [-0.2, 0) is 0 Å². The fraction of sp³-hybridized carbons (Fsp3) is 0.333. The fourth-order valence-electron chi connectivity index (χ4n) is 2.36. The minimum absolute atomic E-state index is 0.383. The van der Waals surface area contributed by atoms with Gasteiger partial charge in [-0.1, -0.05) is 42.8 Å². The first-order valence-electron chi connectivity index (χ1n) is 6.74. The molecule has 0 heterocycles. The first-order valence-corrected chi connectivity index (χ1v) is 6.74. The molecule has 0 saturated carbocycles. The van der Waals surface area contributed by atoms with Crippen LogP contribution in [0.4, 0.5) is 0 Å². The van der Waals surface area contributed by atoms with E-state index in [9.17, 15) is 0 Å². The van der Waals surface area contributed by atoms with Gasteiger partial charge in [0.2, 0.25) is 0 Å². The van der Waals surface area contributed by atoms with E-state index in [0.29, 0.717) is 5.92 Å². The number of benzene rings is 2. The van der Waals surface area contributed by atoms with Crippen LogP contribution in [0.15, 0.2) is 36.4 Å².